The number of benzene rings is 2. The van der Waals surface area contributed by atoms with Gasteiger partial charge in [-0.25, -0.2) is 4.79 Å². The summed E-state index contributed by atoms with van der Waals surface area (Å²) >= 11 is 0. The van der Waals surface area contributed by atoms with Crippen LogP contribution in [0.15, 0.2) is 47.3 Å². The number of nitrogens with one attached hydrogen (secondary N) is 1. The Morgan fingerprint density at radius 3 is 2.19 bits per heavy atom. The molecule has 0 spiro atoms. The number of nitrogens with two attached hydrogens (primary N) is 2. The average molecular weight is 674 g/mol. The number of halogens is 1. The van der Waals surface area contributed by atoms with Crippen LogP contribution in [0.5, 0.6) is 0 Å². The van der Waals surface area contributed by atoms with Crippen LogP contribution in [0.3, 0.4) is 0 Å². The molecule has 1 aliphatic heterocycles. The van der Waals surface area contributed by atoms with E-state index in [0.29, 0.717) is 38.2 Å². The Balaban J connectivity index is 0.00000600. The number of rotatable bonds is 18. The molecule has 5 N–H and O–H groups in total. The maximum Gasteiger partial charge on any atom is 0.329 e. The fourth-order valence-corrected chi connectivity index (χ4v) is 5.59. The molecule has 2 unspecified atom stereocenters. The van der Waals surface area contributed by atoms with Crippen molar-refractivity contribution in [3.63, 3.8) is 0 Å². The molecule has 0 saturated carbocycles. The number of imide groups is 1. The second-order valence-electron chi connectivity index (χ2n) is 12.0. The molecule has 0 aliphatic carbocycles. The number of amides is 3. The second kappa shape index (κ2) is 18.1. The lowest BCUT2D eigenvalue weighted by Crippen LogP contribution is -2.44. The highest BCUT2D eigenvalue weighted by Gasteiger charge is 2.31. The maximum atomic E-state index is 13.0. The van der Waals surface area contributed by atoms with Gasteiger partial charge >= 0.3 is 5.69 Å². The SMILES string of the molecule is CC(OCCCc1ccc(CO[C@H](C)[C@@H](N)CCC(N)=O)cc1)OCCCc1ccc2c(c1)n(C)c(=O)n2C1CCC(=O)NC1=O.Cl. The summed E-state index contributed by atoms with van der Waals surface area (Å²) in [5, 5.41) is 2.34. The minimum Gasteiger partial charge on any atom is -0.372 e. The van der Waals surface area contributed by atoms with Crippen LogP contribution in [0.1, 0.15) is 75.1 Å². The lowest BCUT2D eigenvalue weighted by atomic mass is 10.1. The molecule has 12 nitrogen and oxygen atoms in total. The van der Waals surface area contributed by atoms with Gasteiger partial charge in [-0.2, -0.15) is 0 Å². The summed E-state index contributed by atoms with van der Waals surface area (Å²) < 4.78 is 20.6. The first-order chi connectivity index (χ1) is 22.0. The summed E-state index contributed by atoms with van der Waals surface area (Å²) in [5.41, 5.74) is 15.8. The molecule has 13 heteroatoms. The highest BCUT2D eigenvalue weighted by atomic mass is 35.5. The molecule has 4 atom stereocenters. The Kier molecular flexibility index (Phi) is 14.6. The predicted molar refractivity (Wildman–Crippen MR) is 181 cm³/mol. The summed E-state index contributed by atoms with van der Waals surface area (Å²) in [4.78, 5) is 47.9. The standard InChI is InChI=1S/C34H47N5O7.ClH/c1-22(27(35)13-16-31(36)40)46-21-26-10-8-24(9-11-26)6-4-18-44-23(2)45-19-5-7-25-12-14-28-30(20-25)38(3)34(43)39(28)29-15-17-32(41)37-33(29)42;/h8-12,14,20,22-23,27,29H,4-7,13,15-19,21,35H2,1-3H3,(H2,36,40)(H,37,41,42);1H/t22-,23?,27+,29?;/m1./s1. The number of hydrogen-bond acceptors (Lipinski definition) is 8. The van der Waals surface area contributed by atoms with Crippen molar-refractivity contribution in [2.45, 2.75) is 96.3 Å². The van der Waals surface area contributed by atoms with Crippen molar-refractivity contribution in [1.29, 1.82) is 0 Å². The number of fused-ring (bicyclic) bond motifs is 1. The van der Waals surface area contributed by atoms with Crippen molar-refractivity contribution in [2.24, 2.45) is 18.5 Å². The van der Waals surface area contributed by atoms with Gasteiger partial charge in [-0.05, 0) is 81.2 Å². The summed E-state index contributed by atoms with van der Waals surface area (Å²) in [6.07, 6.45) is 4.11. The first kappa shape index (κ1) is 37.9. The molecule has 3 amide bonds. The van der Waals surface area contributed by atoms with E-state index in [9.17, 15) is 19.2 Å². The van der Waals surface area contributed by atoms with E-state index in [0.717, 1.165) is 42.3 Å². The van der Waals surface area contributed by atoms with E-state index in [1.807, 2.05) is 32.0 Å². The molecule has 1 saturated heterocycles. The van der Waals surface area contributed by atoms with Gasteiger partial charge in [-0.15, -0.1) is 12.4 Å². The van der Waals surface area contributed by atoms with Crippen LogP contribution in [0.4, 0.5) is 0 Å². The molecule has 4 rings (SSSR count). The fraction of sp³-hybridized carbons (Fsp3) is 0.529. The van der Waals surface area contributed by atoms with Crippen LogP contribution < -0.4 is 22.5 Å². The first-order valence-corrected chi connectivity index (χ1v) is 16.0. The first-order valence-electron chi connectivity index (χ1n) is 16.0. The number of primary amides is 1. The molecular weight excluding hydrogens is 626 g/mol. The average Bonchev–Trinajstić information content (AvgIpc) is 3.28. The van der Waals surface area contributed by atoms with E-state index in [2.05, 4.69) is 29.6 Å². The van der Waals surface area contributed by atoms with E-state index in [1.165, 1.54) is 10.1 Å². The van der Waals surface area contributed by atoms with Crippen molar-refractivity contribution in [2.75, 3.05) is 13.2 Å². The monoisotopic (exact) mass is 673 g/mol. The van der Waals surface area contributed by atoms with Crippen LogP contribution >= 0.6 is 12.4 Å². The zero-order valence-corrected chi connectivity index (χ0v) is 28.3. The van der Waals surface area contributed by atoms with Crippen LogP contribution in [0.2, 0.25) is 0 Å². The van der Waals surface area contributed by atoms with Gasteiger partial charge in [0, 0.05) is 25.9 Å². The second-order valence-corrected chi connectivity index (χ2v) is 12.0. The van der Waals surface area contributed by atoms with Crippen molar-refractivity contribution in [3.05, 3.63) is 69.6 Å². The van der Waals surface area contributed by atoms with Crippen LogP contribution in [0.25, 0.3) is 11.0 Å². The van der Waals surface area contributed by atoms with Crippen LogP contribution in [-0.2, 0) is 55.1 Å². The lowest BCUT2D eigenvalue weighted by Gasteiger charge is -2.21. The number of aromatic nitrogens is 2. The Labute approximate surface area is 281 Å². The fourth-order valence-electron chi connectivity index (χ4n) is 5.59. The molecule has 2 aromatic carbocycles. The van der Waals surface area contributed by atoms with Gasteiger partial charge in [0.25, 0.3) is 0 Å². The Bertz CT molecular complexity index is 1550. The number of hydrogen-bond donors (Lipinski definition) is 3. The largest absolute Gasteiger partial charge is 0.372 e. The smallest absolute Gasteiger partial charge is 0.329 e. The third kappa shape index (κ3) is 10.7. The van der Waals surface area contributed by atoms with Crippen molar-refractivity contribution in [1.82, 2.24) is 14.5 Å². The summed E-state index contributed by atoms with van der Waals surface area (Å²) in [5.74, 6) is -1.10. The van der Waals surface area contributed by atoms with Gasteiger partial charge in [0.05, 0.1) is 37.0 Å². The van der Waals surface area contributed by atoms with Crippen LogP contribution in [0, 0.1) is 0 Å². The minimum atomic E-state index is -0.692. The lowest BCUT2D eigenvalue weighted by molar-refractivity contribution is -0.135. The summed E-state index contributed by atoms with van der Waals surface area (Å²) in [7, 11) is 1.69. The molecular formula is C34H48ClN5O7. The molecule has 47 heavy (non-hydrogen) atoms. The van der Waals surface area contributed by atoms with E-state index in [1.54, 1.807) is 11.6 Å². The van der Waals surface area contributed by atoms with Crippen molar-refractivity contribution in [3.8, 4) is 0 Å². The number of piperidine rings is 1. The molecule has 1 aliphatic rings. The van der Waals surface area contributed by atoms with Gasteiger partial charge < -0.3 is 25.7 Å². The summed E-state index contributed by atoms with van der Waals surface area (Å²) in [6.45, 7) is 5.38. The molecule has 1 fully saturated rings. The van der Waals surface area contributed by atoms with E-state index >= 15 is 0 Å². The van der Waals surface area contributed by atoms with Gasteiger partial charge in [0.15, 0.2) is 6.29 Å². The third-order valence-corrected chi connectivity index (χ3v) is 8.46. The molecule has 2 heterocycles. The van der Waals surface area contributed by atoms with E-state index in [4.69, 9.17) is 25.7 Å². The van der Waals surface area contributed by atoms with Gasteiger partial charge in [-0.3, -0.25) is 28.8 Å². The van der Waals surface area contributed by atoms with E-state index in [-0.39, 0.29) is 61.2 Å². The number of carbonyl (C=O) groups excluding carboxylic acids is 3. The Hall–Kier alpha value is -3.55. The Morgan fingerprint density at radius 2 is 1.55 bits per heavy atom. The topological polar surface area (TPSA) is 170 Å². The maximum absolute atomic E-state index is 13.0. The van der Waals surface area contributed by atoms with Crippen molar-refractivity contribution >= 4 is 41.2 Å². The molecule has 0 bridgehead atoms. The molecule has 0 radical (unpaired) electrons. The number of ether oxygens (including phenoxy) is 3. The number of aryl methyl sites for hydroxylation is 3. The van der Waals surface area contributed by atoms with Gasteiger partial charge in [0.1, 0.15) is 6.04 Å². The molecule has 258 valence electrons. The quantitative estimate of drug-likeness (QED) is 0.105. The molecule has 1 aromatic heterocycles. The van der Waals surface area contributed by atoms with Gasteiger partial charge in [-0.1, -0.05) is 30.3 Å². The summed E-state index contributed by atoms with van der Waals surface area (Å²) in [6, 6.07) is 13.2. The van der Waals surface area contributed by atoms with Crippen LogP contribution in [-0.4, -0.2) is 58.5 Å². The zero-order valence-electron chi connectivity index (χ0n) is 27.4. The normalized spacial score (nSPS) is 16.8. The highest BCUT2D eigenvalue weighted by Crippen LogP contribution is 2.24. The predicted octanol–water partition coefficient (Wildman–Crippen LogP) is 3.18. The number of imidazole rings is 1. The number of nitrogens with zero attached hydrogens (tertiary/aromatic N) is 2. The molecule has 3 aromatic rings. The van der Waals surface area contributed by atoms with Crippen molar-refractivity contribution < 1.29 is 28.6 Å². The zero-order chi connectivity index (χ0) is 33.2. The van der Waals surface area contributed by atoms with Gasteiger partial charge in [0.2, 0.25) is 17.7 Å². The Morgan fingerprint density at radius 1 is 0.936 bits per heavy atom. The third-order valence-electron chi connectivity index (χ3n) is 8.46. The minimum absolute atomic E-state index is 0. The number of carbonyl (C=O) groups is 3. The van der Waals surface area contributed by atoms with E-state index < -0.39 is 11.9 Å². The highest BCUT2D eigenvalue weighted by molar-refractivity contribution is 6.00.